The zero-order chi connectivity index (χ0) is 15.5. The molecule has 0 aromatic heterocycles. The number of thioether (sulfide) groups is 1. The Morgan fingerprint density at radius 2 is 2.29 bits per heavy atom. The molecule has 2 rings (SSSR count). The largest absolute Gasteiger partial charge is 0.483 e. The summed E-state index contributed by atoms with van der Waals surface area (Å²) in [7, 11) is 0. The van der Waals surface area contributed by atoms with Gasteiger partial charge in [-0.2, -0.15) is 11.8 Å². The third kappa shape index (κ3) is 4.05. The lowest BCUT2D eigenvalue weighted by molar-refractivity contribution is -0.146. The monoisotopic (exact) mass is 393 g/mol. The smallest absolute Gasteiger partial charge is 0.330 e. The Hall–Kier alpha value is -0.920. The van der Waals surface area contributed by atoms with Crippen LogP contribution in [0, 0.1) is 0 Å². The van der Waals surface area contributed by atoms with E-state index in [0.717, 1.165) is 5.75 Å². The standard InChI is InChI=1S/C13H13BrClNO4S/c14-9-5-8(15)1-2-10(9)20-6-11(17)16-13(12(18)19)3-4-21-7-13/h1-2,5H,3-4,6-7H2,(H,16,17)(H,18,19). The van der Waals surface area contributed by atoms with Crippen molar-refractivity contribution in [3.8, 4) is 5.75 Å². The van der Waals surface area contributed by atoms with Crippen LogP contribution in [0.15, 0.2) is 22.7 Å². The molecule has 0 aliphatic carbocycles. The number of carboxylic acids is 1. The summed E-state index contributed by atoms with van der Waals surface area (Å²) in [5, 5.41) is 12.4. The fourth-order valence-electron chi connectivity index (χ4n) is 1.92. The van der Waals surface area contributed by atoms with Gasteiger partial charge < -0.3 is 15.2 Å². The molecule has 1 aliphatic rings. The van der Waals surface area contributed by atoms with E-state index in [1.807, 2.05) is 0 Å². The van der Waals surface area contributed by atoms with Crippen LogP contribution in [0.2, 0.25) is 5.02 Å². The number of carbonyl (C=O) groups is 2. The van der Waals surface area contributed by atoms with Crippen LogP contribution in [0.4, 0.5) is 0 Å². The number of halogens is 2. The van der Waals surface area contributed by atoms with Crippen molar-refractivity contribution in [2.45, 2.75) is 12.0 Å². The molecule has 1 aromatic rings. The van der Waals surface area contributed by atoms with Crippen molar-refractivity contribution in [2.24, 2.45) is 0 Å². The maximum absolute atomic E-state index is 11.9. The zero-order valence-electron chi connectivity index (χ0n) is 10.9. The van der Waals surface area contributed by atoms with Crippen LogP contribution in [0.5, 0.6) is 5.75 Å². The van der Waals surface area contributed by atoms with Crippen LogP contribution in [-0.2, 0) is 9.59 Å². The summed E-state index contributed by atoms with van der Waals surface area (Å²) in [6.07, 6.45) is 0.420. The molecule has 1 heterocycles. The molecule has 8 heteroatoms. The SMILES string of the molecule is O=C(COc1ccc(Cl)cc1Br)NC1(C(=O)O)CCSC1. The number of carboxylic acid groups (broad SMARTS) is 1. The van der Waals surface area contributed by atoms with Crippen LogP contribution < -0.4 is 10.1 Å². The van der Waals surface area contributed by atoms with Gasteiger partial charge in [-0.25, -0.2) is 4.79 Å². The molecule has 1 amide bonds. The molecule has 5 nitrogen and oxygen atoms in total. The van der Waals surface area contributed by atoms with Crippen LogP contribution >= 0.6 is 39.3 Å². The van der Waals surface area contributed by atoms with Crippen LogP contribution in [0.1, 0.15) is 6.42 Å². The Morgan fingerprint density at radius 3 is 2.86 bits per heavy atom. The second kappa shape index (κ2) is 6.89. The lowest BCUT2D eigenvalue weighted by atomic mass is 9.99. The third-order valence-corrected chi connectivity index (χ3v) is 5.11. The van der Waals surface area contributed by atoms with Crippen molar-refractivity contribution in [2.75, 3.05) is 18.1 Å². The highest BCUT2D eigenvalue weighted by Crippen LogP contribution is 2.29. The second-order valence-electron chi connectivity index (χ2n) is 4.60. The molecule has 0 saturated carbocycles. The van der Waals surface area contributed by atoms with Gasteiger partial charge in [0.2, 0.25) is 0 Å². The Bertz CT molecular complexity index is 563. The van der Waals surface area contributed by atoms with E-state index in [2.05, 4.69) is 21.2 Å². The average Bonchev–Trinajstić information content (AvgIpc) is 2.87. The molecule has 1 aliphatic heterocycles. The maximum Gasteiger partial charge on any atom is 0.330 e. The number of rotatable bonds is 5. The number of hydrogen-bond donors (Lipinski definition) is 2. The molecule has 1 atom stereocenters. The van der Waals surface area contributed by atoms with Crippen molar-refractivity contribution in [1.29, 1.82) is 0 Å². The lowest BCUT2D eigenvalue weighted by Gasteiger charge is -2.24. The van der Waals surface area contributed by atoms with Gasteiger partial charge in [-0.05, 0) is 46.3 Å². The first kappa shape index (κ1) is 16.5. The molecule has 0 spiro atoms. The van der Waals surface area contributed by atoms with Gasteiger partial charge in [0.05, 0.1) is 4.47 Å². The number of nitrogens with one attached hydrogen (secondary N) is 1. The number of benzene rings is 1. The zero-order valence-corrected chi connectivity index (χ0v) is 14.1. The van der Waals surface area contributed by atoms with Gasteiger partial charge in [0, 0.05) is 10.8 Å². The fraction of sp³-hybridized carbons (Fsp3) is 0.385. The second-order valence-corrected chi connectivity index (χ2v) is 7.00. The number of amides is 1. The summed E-state index contributed by atoms with van der Waals surface area (Å²) in [6, 6.07) is 4.94. The predicted molar refractivity (Wildman–Crippen MR) is 85.1 cm³/mol. The van der Waals surface area contributed by atoms with E-state index in [-0.39, 0.29) is 6.61 Å². The van der Waals surface area contributed by atoms with E-state index in [9.17, 15) is 14.7 Å². The van der Waals surface area contributed by atoms with Crippen LogP contribution in [0.3, 0.4) is 0 Å². The van der Waals surface area contributed by atoms with Crippen molar-refractivity contribution in [3.05, 3.63) is 27.7 Å². The fourth-order valence-corrected chi connectivity index (χ4v) is 4.05. The van der Waals surface area contributed by atoms with Crippen LogP contribution in [0.25, 0.3) is 0 Å². The summed E-state index contributed by atoms with van der Waals surface area (Å²) < 4.78 is 6.00. The summed E-state index contributed by atoms with van der Waals surface area (Å²) in [5.74, 6) is 0.101. The Labute approximate surface area is 139 Å². The Morgan fingerprint density at radius 1 is 1.52 bits per heavy atom. The number of hydrogen-bond acceptors (Lipinski definition) is 4. The quantitative estimate of drug-likeness (QED) is 0.803. The molecule has 1 saturated heterocycles. The number of aliphatic carboxylic acids is 1. The van der Waals surface area contributed by atoms with E-state index in [0.29, 0.717) is 27.4 Å². The molecule has 0 radical (unpaired) electrons. The average molecular weight is 395 g/mol. The molecule has 114 valence electrons. The summed E-state index contributed by atoms with van der Waals surface area (Å²) >= 11 is 10.6. The van der Waals surface area contributed by atoms with Crippen molar-refractivity contribution < 1.29 is 19.4 Å². The number of carbonyl (C=O) groups excluding carboxylic acids is 1. The first-order valence-electron chi connectivity index (χ1n) is 6.13. The number of ether oxygens (including phenoxy) is 1. The topological polar surface area (TPSA) is 75.6 Å². The van der Waals surface area contributed by atoms with E-state index in [1.165, 1.54) is 11.8 Å². The third-order valence-electron chi connectivity index (χ3n) is 3.06. The van der Waals surface area contributed by atoms with Crippen LogP contribution in [-0.4, -0.2) is 40.6 Å². The molecule has 1 unspecified atom stereocenters. The molecule has 0 bridgehead atoms. The Kier molecular flexibility index (Phi) is 5.40. The van der Waals surface area contributed by atoms with E-state index in [4.69, 9.17) is 16.3 Å². The van der Waals surface area contributed by atoms with Crippen molar-refractivity contribution >= 4 is 51.2 Å². The summed E-state index contributed by atoms with van der Waals surface area (Å²) in [4.78, 5) is 23.2. The molecular formula is C13H13BrClNO4S. The minimum atomic E-state index is -1.18. The molecule has 1 aromatic carbocycles. The van der Waals surface area contributed by atoms with E-state index >= 15 is 0 Å². The van der Waals surface area contributed by atoms with E-state index in [1.54, 1.807) is 18.2 Å². The van der Waals surface area contributed by atoms with Gasteiger partial charge in [-0.15, -0.1) is 0 Å². The van der Waals surface area contributed by atoms with Crippen molar-refractivity contribution in [3.63, 3.8) is 0 Å². The van der Waals surface area contributed by atoms with Gasteiger partial charge in [0.25, 0.3) is 5.91 Å². The molecule has 21 heavy (non-hydrogen) atoms. The summed E-state index contributed by atoms with van der Waals surface area (Å²) in [6.45, 7) is -0.250. The van der Waals surface area contributed by atoms with Gasteiger partial charge in [0.15, 0.2) is 6.61 Å². The highest BCUT2D eigenvalue weighted by atomic mass is 79.9. The minimum Gasteiger partial charge on any atom is -0.483 e. The van der Waals surface area contributed by atoms with Gasteiger partial charge in [-0.3, -0.25) is 4.79 Å². The highest BCUT2D eigenvalue weighted by Gasteiger charge is 2.43. The van der Waals surface area contributed by atoms with E-state index < -0.39 is 17.4 Å². The molecule has 1 fully saturated rings. The van der Waals surface area contributed by atoms with Gasteiger partial charge >= 0.3 is 5.97 Å². The van der Waals surface area contributed by atoms with Gasteiger partial charge in [0.1, 0.15) is 11.3 Å². The molecule has 2 N–H and O–H groups in total. The summed E-state index contributed by atoms with van der Waals surface area (Å²) in [5.41, 5.74) is -1.18. The normalized spacial score (nSPS) is 21.0. The first-order chi connectivity index (χ1) is 9.93. The van der Waals surface area contributed by atoms with Gasteiger partial charge in [-0.1, -0.05) is 11.6 Å². The Balaban J connectivity index is 1.94. The maximum atomic E-state index is 11.9. The van der Waals surface area contributed by atoms with Crippen molar-refractivity contribution in [1.82, 2.24) is 5.32 Å². The minimum absolute atomic E-state index is 0.250. The first-order valence-corrected chi connectivity index (χ1v) is 8.45. The molecular weight excluding hydrogens is 382 g/mol. The highest BCUT2D eigenvalue weighted by molar-refractivity contribution is 9.10. The lowest BCUT2D eigenvalue weighted by Crippen LogP contribution is -2.55. The predicted octanol–water partition coefficient (Wildman–Crippen LogP) is 2.56.